The highest BCUT2D eigenvalue weighted by molar-refractivity contribution is 5.67. The van der Waals surface area contributed by atoms with Gasteiger partial charge in [0.1, 0.15) is 29.8 Å². The number of nitrogens with zero attached hydrogens (tertiary/aromatic N) is 5. The molecule has 1 spiro atoms. The van der Waals surface area contributed by atoms with Crippen molar-refractivity contribution < 1.29 is 14.3 Å². The van der Waals surface area contributed by atoms with Crippen molar-refractivity contribution in [2.24, 2.45) is 17.9 Å². The zero-order valence-corrected chi connectivity index (χ0v) is 20.8. The molecule has 0 bridgehead atoms. The summed E-state index contributed by atoms with van der Waals surface area (Å²) in [6.07, 6.45) is 7.68. The van der Waals surface area contributed by atoms with Crippen LogP contribution in [0.15, 0.2) is 12.1 Å². The van der Waals surface area contributed by atoms with Gasteiger partial charge in [0.2, 0.25) is 0 Å². The van der Waals surface area contributed by atoms with Gasteiger partial charge < -0.3 is 14.4 Å². The van der Waals surface area contributed by atoms with Gasteiger partial charge in [-0.15, -0.1) is 5.10 Å². The highest BCUT2D eigenvalue weighted by atomic mass is 16.6. The number of amides is 1. The molecule has 0 saturated heterocycles. The highest BCUT2D eigenvalue weighted by Gasteiger charge is 2.56. The molecule has 0 radical (unpaired) electrons. The fourth-order valence-corrected chi connectivity index (χ4v) is 4.97. The molecule has 2 aliphatic carbocycles. The molecule has 180 valence electrons. The first-order chi connectivity index (χ1) is 15.6. The zero-order chi connectivity index (χ0) is 23.8. The Balaban J connectivity index is 1.42. The first-order valence-corrected chi connectivity index (χ1v) is 12.0. The zero-order valence-electron chi connectivity index (χ0n) is 20.8. The molecule has 1 amide bonds. The van der Waals surface area contributed by atoms with Gasteiger partial charge >= 0.3 is 6.09 Å². The summed E-state index contributed by atoms with van der Waals surface area (Å²) in [6.45, 7) is 8.90. The molecule has 2 saturated carbocycles. The first-order valence-electron chi connectivity index (χ1n) is 12.0. The third-order valence-corrected chi connectivity index (χ3v) is 6.81. The van der Waals surface area contributed by atoms with E-state index in [-0.39, 0.29) is 18.1 Å². The van der Waals surface area contributed by atoms with Gasteiger partial charge in [-0.3, -0.25) is 0 Å². The summed E-state index contributed by atoms with van der Waals surface area (Å²) in [5.41, 5.74) is 3.26. The van der Waals surface area contributed by atoms with E-state index in [0.717, 1.165) is 17.9 Å². The minimum Gasteiger partial charge on any atom is -0.488 e. The van der Waals surface area contributed by atoms with Crippen LogP contribution in [0, 0.1) is 17.8 Å². The van der Waals surface area contributed by atoms with Gasteiger partial charge in [-0.25, -0.2) is 14.5 Å². The van der Waals surface area contributed by atoms with Gasteiger partial charge in [0.15, 0.2) is 0 Å². The number of aryl methyl sites for hydroxylation is 2. The number of pyridine rings is 1. The molecule has 1 unspecified atom stereocenters. The molecule has 8 heteroatoms. The first kappa shape index (κ1) is 23.5. The Morgan fingerprint density at radius 3 is 2.64 bits per heavy atom. The predicted molar refractivity (Wildman–Crippen MR) is 126 cm³/mol. The summed E-state index contributed by atoms with van der Waals surface area (Å²) in [5.74, 6) is 0.840. The Hall–Kier alpha value is -2.64. The molecular weight excluding hydrogens is 418 g/mol. The van der Waals surface area contributed by atoms with E-state index in [1.54, 1.807) is 23.7 Å². The summed E-state index contributed by atoms with van der Waals surface area (Å²) in [5, 5.41) is 8.42. The van der Waals surface area contributed by atoms with Gasteiger partial charge in [-0.1, -0.05) is 45.2 Å². The summed E-state index contributed by atoms with van der Waals surface area (Å²) < 4.78 is 13.5. The molecule has 2 aliphatic rings. The van der Waals surface area contributed by atoms with Crippen LogP contribution >= 0.6 is 0 Å². The number of carbonyl (C=O) groups is 1. The molecule has 2 aromatic rings. The molecule has 4 rings (SSSR count). The molecule has 1 atom stereocenters. The average Bonchev–Trinajstić information content (AvgIpc) is 3.25. The largest absolute Gasteiger partial charge is 0.488 e. The van der Waals surface area contributed by atoms with E-state index < -0.39 is 0 Å². The fourth-order valence-electron chi connectivity index (χ4n) is 4.97. The van der Waals surface area contributed by atoms with Crippen molar-refractivity contribution in [1.82, 2.24) is 24.9 Å². The molecule has 0 N–H and O–H groups in total. The van der Waals surface area contributed by atoms with Crippen molar-refractivity contribution in [1.29, 1.82) is 0 Å². The Kier molecular flexibility index (Phi) is 6.38. The minimum atomic E-state index is -0.369. The Morgan fingerprint density at radius 2 is 1.97 bits per heavy atom. The quantitative estimate of drug-likeness (QED) is 0.616. The molecule has 8 nitrogen and oxygen atoms in total. The molecule has 0 aliphatic heterocycles. The van der Waals surface area contributed by atoms with E-state index in [1.165, 1.54) is 32.1 Å². The van der Waals surface area contributed by atoms with Crippen molar-refractivity contribution >= 4 is 6.09 Å². The lowest BCUT2D eigenvalue weighted by atomic mass is 9.86. The average molecular weight is 456 g/mol. The number of rotatable bonds is 6. The standard InChI is InChI=1S/C25H37N5O3/c1-17-20(33-21-14-25(21)12-8-7-9-13-25)11-10-18(26-17)22-19(30(6)28-27-22)15-32-23(31)29(5)16-24(2,3)4/h10-11,21H,7-9,12-16H2,1-6H3. The van der Waals surface area contributed by atoms with Gasteiger partial charge in [0.25, 0.3) is 0 Å². The van der Waals surface area contributed by atoms with E-state index in [0.29, 0.717) is 35.1 Å². The Labute approximate surface area is 196 Å². The number of carbonyl (C=O) groups excluding carboxylic acids is 1. The van der Waals surface area contributed by atoms with Gasteiger partial charge in [-0.2, -0.15) is 0 Å². The molecule has 0 aromatic carbocycles. The van der Waals surface area contributed by atoms with Gasteiger partial charge in [-0.05, 0) is 43.7 Å². The monoisotopic (exact) mass is 455 g/mol. The lowest BCUT2D eigenvalue weighted by Crippen LogP contribution is -2.34. The Morgan fingerprint density at radius 1 is 1.24 bits per heavy atom. The number of ether oxygens (including phenoxy) is 2. The SMILES string of the molecule is Cc1nc(-c2nnn(C)c2COC(=O)N(C)CC(C)(C)C)ccc1OC1CC12CCCCC2. The number of aromatic nitrogens is 4. The maximum Gasteiger partial charge on any atom is 0.409 e. The summed E-state index contributed by atoms with van der Waals surface area (Å²) in [4.78, 5) is 18.8. The van der Waals surface area contributed by atoms with Crippen LogP contribution in [-0.4, -0.2) is 50.7 Å². The molecule has 2 heterocycles. The molecular formula is C25H37N5O3. The lowest BCUT2D eigenvalue weighted by Gasteiger charge is -2.25. The van der Waals surface area contributed by atoms with Crippen LogP contribution in [0.5, 0.6) is 5.75 Å². The summed E-state index contributed by atoms with van der Waals surface area (Å²) >= 11 is 0. The van der Waals surface area contributed by atoms with Crippen LogP contribution in [0.25, 0.3) is 11.4 Å². The van der Waals surface area contributed by atoms with Crippen LogP contribution in [-0.2, 0) is 18.4 Å². The van der Waals surface area contributed by atoms with Crippen molar-refractivity contribution in [2.45, 2.75) is 78.9 Å². The van der Waals surface area contributed by atoms with E-state index >= 15 is 0 Å². The van der Waals surface area contributed by atoms with Gasteiger partial charge in [0.05, 0.1) is 11.4 Å². The summed E-state index contributed by atoms with van der Waals surface area (Å²) in [7, 11) is 3.54. The number of hydrogen-bond donors (Lipinski definition) is 0. The third kappa shape index (κ3) is 5.31. The van der Waals surface area contributed by atoms with Crippen LogP contribution in [0.3, 0.4) is 0 Å². The van der Waals surface area contributed by atoms with Crippen LogP contribution in [0.1, 0.15) is 70.7 Å². The second kappa shape index (κ2) is 8.95. The summed E-state index contributed by atoms with van der Waals surface area (Å²) in [6, 6.07) is 3.90. The highest BCUT2D eigenvalue weighted by Crippen LogP contribution is 2.58. The van der Waals surface area contributed by atoms with Crippen LogP contribution in [0.4, 0.5) is 4.79 Å². The van der Waals surface area contributed by atoms with E-state index in [2.05, 4.69) is 31.1 Å². The fraction of sp³-hybridized carbons (Fsp3) is 0.680. The second-order valence-electron chi connectivity index (χ2n) is 11.0. The van der Waals surface area contributed by atoms with E-state index in [1.807, 2.05) is 19.1 Å². The smallest absolute Gasteiger partial charge is 0.409 e. The van der Waals surface area contributed by atoms with E-state index in [4.69, 9.17) is 14.5 Å². The second-order valence-corrected chi connectivity index (χ2v) is 11.0. The maximum atomic E-state index is 12.4. The topological polar surface area (TPSA) is 82.4 Å². The van der Waals surface area contributed by atoms with Crippen molar-refractivity contribution in [3.8, 4) is 17.1 Å². The normalized spacial score (nSPS) is 19.4. The molecule has 2 aromatic heterocycles. The van der Waals surface area contributed by atoms with Gasteiger partial charge in [0, 0.05) is 26.1 Å². The van der Waals surface area contributed by atoms with Crippen molar-refractivity contribution in [3.05, 3.63) is 23.5 Å². The lowest BCUT2D eigenvalue weighted by molar-refractivity contribution is 0.0917. The molecule has 33 heavy (non-hydrogen) atoms. The molecule has 2 fully saturated rings. The minimum absolute atomic E-state index is 0.00459. The van der Waals surface area contributed by atoms with Crippen LogP contribution in [0.2, 0.25) is 0 Å². The third-order valence-electron chi connectivity index (χ3n) is 6.81. The number of hydrogen-bond acceptors (Lipinski definition) is 6. The maximum absolute atomic E-state index is 12.4. The van der Waals surface area contributed by atoms with Crippen molar-refractivity contribution in [2.75, 3.05) is 13.6 Å². The van der Waals surface area contributed by atoms with Crippen molar-refractivity contribution in [3.63, 3.8) is 0 Å². The Bertz CT molecular complexity index is 1000. The predicted octanol–water partition coefficient (Wildman–Crippen LogP) is 4.90. The van der Waals surface area contributed by atoms with E-state index in [9.17, 15) is 4.79 Å². The van der Waals surface area contributed by atoms with Crippen LogP contribution < -0.4 is 4.74 Å².